The average molecular weight is 220 g/mol. The summed E-state index contributed by atoms with van der Waals surface area (Å²) in [7, 11) is 0. The summed E-state index contributed by atoms with van der Waals surface area (Å²) in [5.41, 5.74) is 7.10. The number of imide groups is 1. The van der Waals surface area contributed by atoms with Crippen molar-refractivity contribution in [3.63, 3.8) is 0 Å². The van der Waals surface area contributed by atoms with Crippen LogP contribution in [0.2, 0.25) is 0 Å². The maximum atomic E-state index is 11.5. The number of nitrogen functional groups attached to an aromatic ring is 1. The fourth-order valence-corrected chi connectivity index (χ4v) is 1.55. The minimum absolute atomic E-state index is 0.0432. The fourth-order valence-electron chi connectivity index (χ4n) is 1.55. The minimum atomic E-state index is -0.320. The van der Waals surface area contributed by atoms with Gasteiger partial charge in [0.25, 0.3) is 11.8 Å². The van der Waals surface area contributed by atoms with E-state index in [1.807, 2.05) is 12.1 Å². The number of nitrogens with zero attached hydrogens (tertiary/aromatic N) is 1. The number of hydrogen-bond donors (Lipinski definition) is 1. The van der Waals surface area contributed by atoms with Crippen molar-refractivity contribution in [3.05, 3.63) is 29.8 Å². The number of nitrogens with two attached hydrogens (primary N) is 1. The monoisotopic (exact) mass is 220 g/mol. The highest BCUT2D eigenvalue weighted by Gasteiger charge is 2.26. The molecule has 1 saturated heterocycles. The highest BCUT2D eigenvalue weighted by molar-refractivity contribution is 5.98. The quantitative estimate of drug-likeness (QED) is 0.569. The van der Waals surface area contributed by atoms with Crippen LogP contribution < -0.4 is 5.73 Å². The lowest BCUT2D eigenvalue weighted by atomic mass is 10.1. The summed E-state index contributed by atoms with van der Waals surface area (Å²) in [6.07, 6.45) is 0. The largest absolute Gasteiger partial charge is 0.398 e. The first-order valence-electron chi connectivity index (χ1n) is 4.93. The van der Waals surface area contributed by atoms with Crippen molar-refractivity contribution in [1.82, 2.24) is 4.90 Å². The SMILES string of the molecule is Nc1ccccc1CN1C(=O)COCC1=O. The molecule has 0 unspecified atom stereocenters. The van der Waals surface area contributed by atoms with Gasteiger partial charge in [-0.2, -0.15) is 0 Å². The molecule has 1 aliphatic rings. The average Bonchev–Trinajstić information content (AvgIpc) is 2.26. The molecular weight excluding hydrogens is 208 g/mol. The van der Waals surface area contributed by atoms with E-state index in [1.165, 1.54) is 4.90 Å². The number of anilines is 1. The molecule has 84 valence electrons. The molecule has 0 spiro atoms. The van der Waals surface area contributed by atoms with Crippen LogP contribution in [0.5, 0.6) is 0 Å². The number of ether oxygens (including phenoxy) is 1. The number of carbonyl (C=O) groups excluding carboxylic acids is 2. The van der Waals surface area contributed by atoms with Crippen molar-refractivity contribution in [2.24, 2.45) is 0 Å². The van der Waals surface area contributed by atoms with Crippen molar-refractivity contribution in [2.75, 3.05) is 18.9 Å². The van der Waals surface area contributed by atoms with Gasteiger partial charge in [-0.3, -0.25) is 14.5 Å². The molecule has 0 aromatic heterocycles. The Morgan fingerprint density at radius 1 is 1.19 bits per heavy atom. The lowest BCUT2D eigenvalue weighted by molar-refractivity contribution is -0.159. The molecule has 2 rings (SSSR count). The van der Waals surface area contributed by atoms with Crippen LogP contribution >= 0.6 is 0 Å². The molecule has 0 atom stereocenters. The first-order valence-corrected chi connectivity index (χ1v) is 4.93. The standard InChI is InChI=1S/C11H12N2O3/c12-9-4-2-1-3-8(9)5-13-10(14)6-16-7-11(13)15/h1-4H,5-7,12H2. The van der Waals surface area contributed by atoms with Gasteiger partial charge in [0, 0.05) is 5.69 Å². The topological polar surface area (TPSA) is 72.6 Å². The summed E-state index contributed by atoms with van der Waals surface area (Å²) in [5, 5.41) is 0. The highest BCUT2D eigenvalue weighted by atomic mass is 16.5. The molecular formula is C11H12N2O3. The van der Waals surface area contributed by atoms with Gasteiger partial charge in [0.05, 0.1) is 6.54 Å². The number of amides is 2. The van der Waals surface area contributed by atoms with Crippen LogP contribution in [0.3, 0.4) is 0 Å². The Hall–Kier alpha value is -1.88. The van der Waals surface area contributed by atoms with E-state index in [0.29, 0.717) is 5.69 Å². The molecule has 5 nitrogen and oxygen atoms in total. The Morgan fingerprint density at radius 2 is 1.81 bits per heavy atom. The Kier molecular flexibility index (Phi) is 2.87. The Bertz CT molecular complexity index is 415. The van der Waals surface area contributed by atoms with Gasteiger partial charge in [-0.15, -0.1) is 0 Å². The van der Waals surface area contributed by atoms with E-state index in [-0.39, 0.29) is 31.6 Å². The number of benzene rings is 1. The van der Waals surface area contributed by atoms with Crippen LogP contribution in [0.25, 0.3) is 0 Å². The van der Waals surface area contributed by atoms with Gasteiger partial charge >= 0.3 is 0 Å². The third-order valence-corrected chi connectivity index (χ3v) is 2.44. The van der Waals surface area contributed by atoms with E-state index < -0.39 is 0 Å². The van der Waals surface area contributed by atoms with Gasteiger partial charge in [-0.1, -0.05) is 18.2 Å². The normalized spacial score (nSPS) is 16.6. The fraction of sp³-hybridized carbons (Fsp3) is 0.273. The van der Waals surface area contributed by atoms with Gasteiger partial charge in [-0.25, -0.2) is 0 Å². The maximum Gasteiger partial charge on any atom is 0.255 e. The zero-order chi connectivity index (χ0) is 11.5. The second kappa shape index (κ2) is 4.32. The summed E-state index contributed by atoms with van der Waals surface area (Å²) >= 11 is 0. The van der Waals surface area contributed by atoms with Gasteiger partial charge in [-0.05, 0) is 11.6 Å². The summed E-state index contributed by atoms with van der Waals surface area (Å²) in [4.78, 5) is 24.1. The van der Waals surface area contributed by atoms with Crippen LogP contribution in [-0.2, 0) is 20.9 Å². The molecule has 2 amide bonds. The molecule has 0 radical (unpaired) electrons. The molecule has 1 fully saturated rings. The maximum absolute atomic E-state index is 11.5. The Labute approximate surface area is 92.8 Å². The summed E-state index contributed by atoms with van der Waals surface area (Å²) < 4.78 is 4.82. The van der Waals surface area contributed by atoms with Crippen LogP contribution in [0.1, 0.15) is 5.56 Å². The number of carbonyl (C=O) groups is 2. The molecule has 2 N–H and O–H groups in total. The van der Waals surface area contributed by atoms with Crippen molar-refractivity contribution in [3.8, 4) is 0 Å². The number of hydrogen-bond acceptors (Lipinski definition) is 4. The van der Waals surface area contributed by atoms with Crippen LogP contribution in [0, 0.1) is 0 Å². The van der Waals surface area contributed by atoms with E-state index in [1.54, 1.807) is 12.1 Å². The second-order valence-corrected chi connectivity index (χ2v) is 3.57. The molecule has 0 bridgehead atoms. The van der Waals surface area contributed by atoms with E-state index in [0.717, 1.165) is 5.56 Å². The molecule has 1 aromatic carbocycles. The van der Waals surface area contributed by atoms with Crippen LogP contribution in [0.4, 0.5) is 5.69 Å². The van der Waals surface area contributed by atoms with Gasteiger partial charge in [0.15, 0.2) is 0 Å². The first kappa shape index (κ1) is 10.6. The third kappa shape index (κ3) is 2.04. The molecule has 0 saturated carbocycles. The summed E-state index contributed by atoms with van der Waals surface area (Å²) in [6.45, 7) is 0.130. The van der Waals surface area contributed by atoms with Crippen LogP contribution in [0.15, 0.2) is 24.3 Å². The minimum Gasteiger partial charge on any atom is -0.398 e. The lowest BCUT2D eigenvalue weighted by Gasteiger charge is -2.25. The van der Waals surface area contributed by atoms with E-state index >= 15 is 0 Å². The van der Waals surface area contributed by atoms with E-state index in [2.05, 4.69) is 0 Å². The van der Waals surface area contributed by atoms with Gasteiger partial charge < -0.3 is 10.5 Å². The smallest absolute Gasteiger partial charge is 0.255 e. The van der Waals surface area contributed by atoms with Crippen molar-refractivity contribution < 1.29 is 14.3 Å². The van der Waals surface area contributed by atoms with Gasteiger partial charge in [0.2, 0.25) is 0 Å². The zero-order valence-corrected chi connectivity index (χ0v) is 8.68. The predicted octanol–water partition coefficient (Wildman–Crippen LogP) is 0.154. The van der Waals surface area contributed by atoms with Crippen molar-refractivity contribution in [1.29, 1.82) is 0 Å². The number of para-hydroxylation sites is 1. The van der Waals surface area contributed by atoms with Gasteiger partial charge in [0.1, 0.15) is 13.2 Å². The predicted molar refractivity (Wildman–Crippen MR) is 57.2 cm³/mol. The number of rotatable bonds is 2. The molecule has 5 heteroatoms. The second-order valence-electron chi connectivity index (χ2n) is 3.57. The van der Waals surface area contributed by atoms with E-state index in [9.17, 15) is 9.59 Å². The number of morpholine rings is 1. The molecule has 1 aromatic rings. The molecule has 16 heavy (non-hydrogen) atoms. The lowest BCUT2D eigenvalue weighted by Crippen LogP contribution is -2.45. The summed E-state index contributed by atoms with van der Waals surface area (Å²) in [5.74, 6) is -0.640. The molecule has 1 aliphatic heterocycles. The van der Waals surface area contributed by atoms with Crippen molar-refractivity contribution in [2.45, 2.75) is 6.54 Å². The highest BCUT2D eigenvalue weighted by Crippen LogP contribution is 2.15. The third-order valence-electron chi connectivity index (χ3n) is 2.44. The zero-order valence-electron chi connectivity index (χ0n) is 8.68. The Morgan fingerprint density at radius 3 is 2.44 bits per heavy atom. The van der Waals surface area contributed by atoms with Crippen molar-refractivity contribution >= 4 is 17.5 Å². The molecule has 0 aliphatic carbocycles. The van der Waals surface area contributed by atoms with E-state index in [4.69, 9.17) is 10.5 Å². The first-order chi connectivity index (χ1) is 7.68. The summed E-state index contributed by atoms with van der Waals surface area (Å²) in [6, 6.07) is 7.17. The Balaban J connectivity index is 2.17. The van der Waals surface area contributed by atoms with Crippen LogP contribution in [-0.4, -0.2) is 29.9 Å². The molecule has 1 heterocycles.